The number of fused-ring (bicyclic) bond motifs is 1. The number of thiophene rings is 1. The number of nitrogens with one attached hydrogen (secondary N) is 1. The highest BCUT2D eigenvalue weighted by molar-refractivity contribution is 8.01. The summed E-state index contributed by atoms with van der Waals surface area (Å²) in [5, 5.41) is 2.96. The molecule has 0 aliphatic heterocycles. The van der Waals surface area contributed by atoms with E-state index in [0.29, 0.717) is 17.2 Å². The molecular formula is C17H23NO5S2. The maximum Gasteiger partial charge on any atom is 0.341 e. The fraction of sp³-hybridized carbons (Fsp3) is 0.588. The van der Waals surface area contributed by atoms with Gasteiger partial charge in [0.2, 0.25) is 5.91 Å². The minimum absolute atomic E-state index is 0.118. The average Bonchev–Trinajstić information content (AvgIpc) is 2.96. The molecule has 0 bridgehead atoms. The molecular weight excluding hydrogens is 362 g/mol. The highest BCUT2D eigenvalue weighted by Gasteiger charge is 2.28. The number of ether oxygens (including phenoxy) is 2. The van der Waals surface area contributed by atoms with Crippen molar-refractivity contribution in [3.05, 3.63) is 16.0 Å². The maximum atomic E-state index is 12.4. The zero-order chi connectivity index (χ0) is 18.4. The van der Waals surface area contributed by atoms with Crippen molar-refractivity contribution >= 4 is 45.9 Å². The van der Waals surface area contributed by atoms with Crippen molar-refractivity contribution in [1.82, 2.24) is 0 Å². The molecule has 1 heterocycles. The van der Waals surface area contributed by atoms with E-state index in [9.17, 15) is 14.4 Å². The van der Waals surface area contributed by atoms with Crippen LogP contribution >= 0.6 is 23.1 Å². The van der Waals surface area contributed by atoms with Gasteiger partial charge in [0.25, 0.3) is 0 Å². The van der Waals surface area contributed by atoms with Gasteiger partial charge >= 0.3 is 11.9 Å². The van der Waals surface area contributed by atoms with Crippen molar-refractivity contribution in [2.45, 2.75) is 44.8 Å². The number of carbonyl (C=O) groups is 3. The molecule has 1 N–H and O–H groups in total. The van der Waals surface area contributed by atoms with Gasteiger partial charge in [-0.25, -0.2) is 4.79 Å². The fourth-order valence-corrected chi connectivity index (χ4v) is 4.62. The molecule has 0 aromatic carbocycles. The number of aryl methyl sites for hydroxylation is 1. The summed E-state index contributed by atoms with van der Waals surface area (Å²) >= 11 is 2.66. The lowest BCUT2D eigenvalue weighted by molar-refractivity contribution is -0.139. The van der Waals surface area contributed by atoms with Gasteiger partial charge in [0.1, 0.15) is 5.00 Å². The summed E-state index contributed by atoms with van der Waals surface area (Å²) in [6.07, 6.45) is 3.88. The zero-order valence-corrected chi connectivity index (χ0v) is 16.3. The van der Waals surface area contributed by atoms with Gasteiger partial charge in [-0.3, -0.25) is 9.59 Å². The summed E-state index contributed by atoms with van der Waals surface area (Å²) in [6.45, 7) is 3.79. The highest BCUT2D eigenvalue weighted by Crippen LogP contribution is 2.38. The van der Waals surface area contributed by atoms with Gasteiger partial charge in [0.15, 0.2) is 0 Å². The Morgan fingerprint density at radius 2 is 2.00 bits per heavy atom. The summed E-state index contributed by atoms with van der Waals surface area (Å²) < 4.78 is 9.76. The van der Waals surface area contributed by atoms with E-state index in [-0.39, 0.29) is 17.6 Å². The van der Waals surface area contributed by atoms with E-state index in [0.717, 1.165) is 36.1 Å². The molecule has 2 rings (SSSR count). The maximum absolute atomic E-state index is 12.4. The number of thioether (sulfide) groups is 1. The predicted molar refractivity (Wildman–Crippen MR) is 99.5 cm³/mol. The lowest BCUT2D eigenvalue weighted by Gasteiger charge is -2.13. The Kier molecular flexibility index (Phi) is 7.31. The largest absolute Gasteiger partial charge is 0.465 e. The van der Waals surface area contributed by atoms with Crippen LogP contribution in [0.3, 0.4) is 0 Å². The molecule has 1 aliphatic carbocycles. The van der Waals surface area contributed by atoms with Crippen LogP contribution in [-0.2, 0) is 31.9 Å². The van der Waals surface area contributed by atoms with Crippen LogP contribution in [-0.4, -0.2) is 42.6 Å². The number of carbonyl (C=O) groups excluding carboxylic acids is 3. The molecule has 25 heavy (non-hydrogen) atoms. The zero-order valence-electron chi connectivity index (χ0n) is 14.7. The first-order valence-corrected chi connectivity index (χ1v) is 10.1. The first-order chi connectivity index (χ1) is 12.0. The Balaban J connectivity index is 2.08. The Hall–Kier alpha value is -1.54. The molecule has 138 valence electrons. The summed E-state index contributed by atoms with van der Waals surface area (Å²) in [5.41, 5.74) is 1.49. The van der Waals surface area contributed by atoms with E-state index < -0.39 is 11.2 Å². The van der Waals surface area contributed by atoms with Gasteiger partial charge in [0, 0.05) is 4.88 Å². The second-order valence-electron chi connectivity index (χ2n) is 5.65. The van der Waals surface area contributed by atoms with Crippen molar-refractivity contribution in [1.29, 1.82) is 0 Å². The van der Waals surface area contributed by atoms with Gasteiger partial charge in [-0.05, 0) is 45.1 Å². The van der Waals surface area contributed by atoms with Crippen LogP contribution in [0, 0.1) is 0 Å². The number of esters is 2. The number of anilines is 1. The third kappa shape index (κ3) is 4.98. The lowest BCUT2D eigenvalue weighted by Crippen LogP contribution is -2.24. The first-order valence-electron chi connectivity index (χ1n) is 8.28. The molecule has 0 radical (unpaired) electrons. The molecule has 8 heteroatoms. The van der Waals surface area contributed by atoms with Crippen LogP contribution < -0.4 is 5.32 Å². The second kappa shape index (κ2) is 9.24. The van der Waals surface area contributed by atoms with E-state index in [1.807, 2.05) is 0 Å². The van der Waals surface area contributed by atoms with Crippen LogP contribution in [0.1, 0.15) is 47.5 Å². The van der Waals surface area contributed by atoms with Crippen LogP contribution in [0.4, 0.5) is 5.00 Å². The van der Waals surface area contributed by atoms with Crippen molar-refractivity contribution < 1.29 is 23.9 Å². The molecule has 1 amide bonds. The molecule has 1 aromatic rings. The SMILES string of the molecule is CCOC(=O)CS[C@@H](C)C(=O)Nc1sc2c(c1C(=O)OC)CCCC2. The first kappa shape index (κ1) is 19.8. The minimum Gasteiger partial charge on any atom is -0.465 e. The van der Waals surface area contributed by atoms with Crippen LogP contribution in [0.15, 0.2) is 0 Å². The van der Waals surface area contributed by atoms with Crippen LogP contribution in [0.25, 0.3) is 0 Å². The number of hydrogen-bond acceptors (Lipinski definition) is 7. The third-order valence-corrected chi connectivity index (χ3v) is 6.25. The molecule has 0 saturated carbocycles. The molecule has 1 atom stereocenters. The van der Waals surface area contributed by atoms with Crippen molar-refractivity contribution in [2.24, 2.45) is 0 Å². The van der Waals surface area contributed by atoms with Gasteiger partial charge in [-0.15, -0.1) is 23.1 Å². The van der Waals surface area contributed by atoms with E-state index in [4.69, 9.17) is 9.47 Å². The molecule has 1 aromatic heterocycles. The van der Waals surface area contributed by atoms with E-state index >= 15 is 0 Å². The van der Waals surface area contributed by atoms with Gasteiger partial charge in [-0.1, -0.05) is 0 Å². The Morgan fingerprint density at radius 1 is 1.28 bits per heavy atom. The lowest BCUT2D eigenvalue weighted by atomic mass is 9.95. The second-order valence-corrected chi connectivity index (χ2v) is 8.09. The van der Waals surface area contributed by atoms with Crippen LogP contribution in [0.5, 0.6) is 0 Å². The molecule has 0 fully saturated rings. The molecule has 6 nitrogen and oxygen atoms in total. The monoisotopic (exact) mass is 385 g/mol. The van der Waals surface area contributed by atoms with Gasteiger partial charge in [0.05, 0.1) is 30.3 Å². The number of hydrogen-bond donors (Lipinski definition) is 1. The molecule has 0 saturated heterocycles. The predicted octanol–water partition coefficient (Wildman–Crippen LogP) is 3.04. The summed E-state index contributed by atoms with van der Waals surface area (Å²) in [5.74, 6) is -0.874. The van der Waals surface area contributed by atoms with Gasteiger partial charge in [-0.2, -0.15) is 0 Å². The third-order valence-electron chi connectivity index (χ3n) is 3.92. The molecule has 0 unspecified atom stereocenters. The van der Waals surface area contributed by atoms with E-state index in [1.54, 1.807) is 13.8 Å². The van der Waals surface area contributed by atoms with E-state index in [1.165, 1.54) is 30.2 Å². The number of methoxy groups -OCH3 is 1. The Bertz CT molecular complexity index is 656. The smallest absolute Gasteiger partial charge is 0.341 e. The average molecular weight is 386 g/mol. The minimum atomic E-state index is -0.436. The van der Waals surface area contributed by atoms with Crippen LogP contribution in [0.2, 0.25) is 0 Å². The molecule has 0 spiro atoms. The van der Waals surface area contributed by atoms with Crippen molar-refractivity contribution in [3.63, 3.8) is 0 Å². The summed E-state index contributed by atoms with van der Waals surface area (Å²) in [4.78, 5) is 37.2. The topological polar surface area (TPSA) is 81.7 Å². The summed E-state index contributed by atoms with van der Waals surface area (Å²) in [6, 6.07) is 0. The van der Waals surface area contributed by atoms with Crippen molar-refractivity contribution in [2.75, 3.05) is 24.8 Å². The molecule has 1 aliphatic rings. The number of rotatable bonds is 7. The van der Waals surface area contributed by atoms with Gasteiger partial charge < -0.3 is 14.8 Å². The highest BCUT2D eigenvalue weighted by atomic mass is 32.2. The van der Waals surface area contributed by atoms with Crippen molar-refractivity contribution in [3.8, 4) is 0 Å². The van der Waals surface area contributed by atoms with E-state index in [2.05, 4.69) is 5.32 Å². The fourth-order valence-electron chi connectivity index (χ4n) is 2.66. The Morgan fingerprint density at radius 3 is 2.68 bits per heavy atom. The number of amides is 1. The normalized spacial score (nSPS) is 14.4. The Labute approximate surface area is 155 Å². The quantitative estimate of drug-likeness (QED) is 0.727. The summed E-state index contributed by atoms with van der Waals surface area (Å²) in [7, 11) is 1.35. The standard InChI is InChI=1S/C17H23NO5S2/c1-4-23-13(19)9-24-10(2)15(20)18-16-14(17(21)22-3)11-7-5-6-8-12(11)25-16/h10H,4-9H2,1-3H3,(H,18,20)/t10-/m0/s1.